The number of hydrogen-bond acceptors (Lipinski definition) is 6. The van der Waals surface area contributed by atoms with E-state index in [1.165, 1.54) is 6.26 Å². The van der Waals surface area contributed by atoms with Crippen LogP contribution in [0, 0.1) is 0 Å². The molecule has 4 rings (SSSR count). The predicted octanol–water partition coefficient (Wildman–Crippen LogP) is 2.46. The highest BCUT2D eigenvalue weighted by Crippen LogP contribution is 2.38. The Morgan fingerprint density at radius 2 is 2.07 bits per heavy atom. The fourth-order valence-electron chi connectivity index (χ4n) is 3.56. The second-order valence-electron chi connectivity index (χ2n) is 6.94. The summed E-state index contributed by atoms with van der Waals surface area (Å²) in [6, 6.07) is 6.57. The summed E-state index contributed by atoms with van der Waals surface area (Å²) >= 11 is 6.27. The molecule has 9 heteroatoms. The average Bonchev–Trinajstić information content (AvgIpc) is 3.28. The van der Waals surface area contributed by atoms with Crippen LogP contribution in [-0.4, -0.2) is 50.0 Å². The summed E-state index contributed by atoms with van der Waals surface area (Å²) in [6.07, 6.45) is 2.04. The molecule has 1 amide bonds. The highest BCUT2D eigenvalue weighted by molar-refractivity contribution is 7.91. The molecule has 0 saturated carbocycles. The molecule has 0 spiro atoms. The van der Waals surface area contributed by atoms with Crippen LogP contribution < -0.4 is 9.47 Å². The highest BCUT2D eigenvalue weighted by atomic mass is 35.5. The number of sulfone groups is 1. The van der Waals surface area contributed by atoms with E-state index in [0.29, 0.717) is 47.5 Å². The Bertz CT molecular complexity index is 973. The quantitative estimate of drug-likeness (QED) is 0.731. The van der Waals surface area contributed by atoms with Crippen molar-refractivity contribution in [3.05, 3.63) is 46.9 Å². The number of hydrogen-bond donors (Lipinski definition) is 0. The van der Waals surface area contributed by atoms with E-state index >= 15 is 0 Å². The number of ether oxygens (including phenoxy) is 2. The first-order valence-corrected chi connectivity index (χ1v) is 11.2. The molecule has 0 bridgehead atoms. The molecule has 1 fully saturated rings. The molecule has 2 aliphatic heterocycles. The highest BCUT2D eigenvalue weighted by Gasteiger charge is 2.35. The molecule has 2 aromatic rings. The lowest BCUT2D eigenvalue weighted by molar-refractivity contribution is -0.133. The summed E-state index contributed by atoms with van der Waals surface area (Å²) in [5, 5.41) is 0.390. The van der Waals surface area contributed by atoms with Gasteiger partial charge in [-0.05, 0) is 36.2 Å². The zero-order valence-corrected chi connectivity index (χ0v) is 16.7. The maximum atomic E-state index is 13.1. The minimum absolute atomic E-state index is 0.0264. The molecule has 1 saturated heterocycles. The van der Waals surface area contributed by atoms with Crippen molar-refractivity contribution in [1.82, 2.24) is 4.90 Å². The smallest absolute Gasteiger partial charge is 0.227 e. The van der Waals surface area contributed by atoms with Crippen molar-refractivity contribution in [2.45, 2.75) is 25.4 Å². The lowest BCUT2D eigenvalue weighted by Gasteiger charge is -2.28. The Balaban J connectivity index is 1.56. The molecule has 1 aromatic carbocycles. The average molecular weight is 426 g/mol. The molecule has 150 valence electrons. The standard InChI is InChI=1S/C19H20ClNO6S/c20-16-8-13(9-17-19(16)27-6-5-26-17)10-18(22)21(11-15-2-1-4-25-15)14-3-7-28(23,24)12-14/h1-2,4,8-9,14H,3,5-7,10-12H2/t14-/m0/s1. The largest absolute Gasteiger partial charge is 0.486 e. The second-order valence-corrected chi connectivity index (χ2v) is 9.57. The number of benzene rings is 1. The number of amides is 1. The third-order valence-corrected chi connectivity index (χ3v) is 6.92. The van der Waals surface area contributed by atoms with Gasteiger partial charge in [-0.15, -0.1) is 0 Å². The van der Waals surface area contributed by atoms with Gasteiger partial charge in [-0.25, -0.2) is 8.42 Å². The summed E-state index contributed by atoms with van der Waals surface area (Å²) in [6.45, 7) is 1.08. The molecule has 28 heavy (non-hydrogen) atoms. The van der Waals surface area contributed by atoms with Gasteiger partial charge in [0, 0.05) is 6.04 Å². The fraction of sp³-hybridized carbons (Fsp3) is 0.421. The van der Waals surface area contributed by atoms with Crippen LogP contribution in [0.15, 0.2) is 34.9 Å². The van der Waals surface area contributed by atoms with E-state index < -0.39 is 9.84 Å². The van der Waals surface area contributed by atoms with Crippen LogP contribution in [0.3, 0.4) is 0 Å². The van der Waals surface area contributed by atoms with Crippen molar-refractivity contribution in [3.63, 3.8) is 0 Å². The Morgan fingerprint density at radius 1 is 1.25 bits per heavy atom. The lowest BCUT2D eigenvalue weighted by atomic mass is 10.1. The van der Waals surface area contributed by atoms with Gasteiger partial charge in [-0.1, -0.05) is 11.6 Å². The zero-order valence-electron chi connectivity index (χ0n) is 15.1. The van der Waals surface area contributed by atoms with Crippen LogP contribution in [0.25, 0.3) is 0 Å². The Hall–Kier alpha value is -2.19. The third-order valence-electron chi connectivity index (χ3n) is 4.89. The number of furan rings is 1. The molecule has 0 aliphatic carbocycles. The number of nitrogens with zero attached hydrogens (tertiary/aromatic N) is 1. The number of carbonyl (C=O) groups excluding carboxylic acids is 1. The molecule has 0 radical (unpaired) electrons. The van der Waals surface area contributed by atoms with E-state index in [4.69, 9.17) is 25.5 Å². The first kappa shape index (κ1) is 19.1. The lowest BCUT2D eigenvalue weighted by Crippen LogP contribution is -2.41. The van der Waals surface area contributed by atoms with Gasteiger partial charge in [0.2, 0.25) is 5.91 Å². The minimum atomic E-state index is -3.13. The SMILES string of the molecule is O=C(Cc1cc(Cl)c2c(c1)OCCO2)N(Cc1ccco1)[C@H]1CCS(=O)(=O)C1. The van der Waals surface area contributed by atoms with E-state index in [-0.39, 0.29) is 36.4 Å². The monoisotopic (exact) mass is 425 g/mol. The van der Waals surface area contributed by atoms with Crippen LogP contribution in [0.1, 0.15) is 17.7 Å². The van der Waals surface area contributed by atoms with Gasteiger partial charge in [-0.2, -0.15) is 0 Å². The zero-order chi connectivity index (χ0) is 19.7. The summed E-state index contributed by atoms with van der Waals surface area (Å²) in [5.41, 5.74) is 0.685. The Morgan fingerprint density at radius 3 is 2.79 bits per heavy atom. The Kier molecular flexibility index (Phi) is 5.25. The van der Waals surface area contributed by atoms with E-state index in [2.05, 4.69) is 0 Å². The summed E-state index contributed by atoms with van der Waals surface area (Å²) in [7, 11) is -3.13. The van der Waals surface area contributed by atoms with Gasteiger partial charge in [0.1, 0.15) is 19.0 Å². The van der Waals surface area contributed by atoms with Crippen molar-refractivity contribution in [1.29, 1.82) is 0 Å². The molecule has 0 unspecified atom stereocenters. The van der Waals surface area contributed by atoms with E-state index in [1.54, 1.807) is 29.2 Å². The van der Waals surface area contributed by atoms with Gasteiger partial charge in [0.25, 0.3) is 0 Å². The van der Waals surface area contributed by atoms with Crippen molar-refractivity contribution >= 4 is 27.3 Å². The predicted molar refractivity (Wildman–Crippen MR) is 102 cm³/mol. The summed E-state index contributed by atoms with van der Waals surface area (Å²) < 4.78 is 40.3. The van der Waals surface area contributed by atoms with E-state index in [9.17, 15) is 13.2 Å². The van der Waals surface area contributed by atoms with E-state index in [0.717, 1.165) is 0 Å². The maximum absolute atomic E-state index is 13.1. The Labute approximate surface area is 168 Å². The van der Waals surface area contributed by atoms with Crippen molar-refractivity contribution in [2.75, 3.05) is 24.7 Å². The number of halogens is 1. The van der Waals surface area contributed by atoms with Gasteiger partial charge in [-0.3, -0.25) is 4.79 Å². The number of rotatable bonds is 5. The molecular weight excluding hydrogens is 406 g/mol. The summed E-state index contributed by atoms with van der Waals surface area (Å²) in [4.78, 5) is 14.7. The van der Waals surface area contributed by atoms with Crippen molar-refractivity contribution in [2.24, 2.45) is 0 Å². The fourth-order valence-corrected chi connectivity index (χ4v) is 5.57. The third kappa shape index (κ3) is 4.12. The van der Waals surface area contributed by atoms with Gasteiger partial charge in [0.05, 0.1) is 35.8 Å². The van der Waals surface area contributed by atoms with Crippen molar-refractivity contribution < 1.29 is 27.1 Å². The minimum Gasteiger partial charge on any atom is -0.486 e. The topological polar surface area (TPSA) is 86.1 Å². The van der Waals surface area contributed by atoms with Crippen LogP contribution in [0.4, 0.5) is 0 Å². The maximum Gasteiger partial charge on any atom is 0.227 e. The molecule has 3 heterocycles. The first-order valence-electron chi connectivity index (χ1n) is 9.01. The number of carbonyl (C=O) groups is 1. The van der Waals surface area contributed by atoms with Crippen LogP contribution in [0.2, 0.25) is 5.02 Å². The normalized spacial score (nSPS) is 20.1. The molecule has 7 nitrogen and oxygen atoms in total. The number of fused-ring (bicyclic) bond motifs is 1. The molecule has 0 N–H and O–H groups in total. The van der Waals surface area contributed by atoms with Gasteiger partial charge in [0.15, 0.2) is 21.3 Å². The van der Waals surface area contributed by atoms with Gasteiger partial charge < -0.3 is 18.8 Å². The molecular formula is C19H20ClNO6S. The van der Waals surface area contributed by atoms with Crippen LogP contribution >= 0.6 is 11.6 Å². The van der Waals surface area contributed by atoms with Crippen LogP contribution in [-0.2, 0) is 27.6 Å². The molecule has 1 aromatic heterocycles. The molecule has 2 aliphatic rings. The first-order chi connectivity index (χ1) is 13.4. The van der Waals surface area contributed by atoms with Crippen LogP contribution in [0.5, 0.6) is 11.5 Å². The second kappa shape index (κ2) is 7.67. The molecule has 1 atom stereocenters. The van der Waals surface area contributed by atoms with Crippen molar-refractivity contribution in [3.8, 4) is 11.5 Å². The van der Waals surface area contributed by atoms with E-state index in [1.807, 2.05) is 0 Å². The summed E-state index contributed by atoms with van der Waals surface area (Å²) in [5.74, 6) is 1.49. The van der Waals surface area contributed by atoms with Gasteiger partial charge >= 0.3 is 0 Å².